The normalized spacial score (nSPS) is 11.0. The van der Waals surface area contributed by atoms with Crippen LogP contribution < -0.4 is 42.0 Å². The van der Waals surface area contributed by atoms with Gasteiger partial charge in [-0.3, -0.25) is 40.5 Å². The molecule has 0 fully saturated rings. The van der Waals surface area contributed by atoms with E-state index in [-0.39, 0.29) is 22.7 Å². The fourth-order valence-electron chi connectivity index (χ4n) is 9.30. The Morgan fingerprint density at radius 3 is 0.679 bits per heavy atom. The molecule has 8 aromatic carbocycles. The van der Waals surface area contributed by atoms with Crippen molar-refractivity contribution in [2.24, 2.45) is 0 Å². The van der Waals surface area contributed by atoms with E-state index in [9.17, 15) is 60.3 Å². The molecule has 0 unspecified atom stereocenters. The summed E-state index contributed by atoms with van der Waals surface area (Å²) < 4.78 is 0. The second kappa shape index (κ2) is 25.8. The Morgan fingerprint density at radius 1 is 0.333 bits per heavy atom. The number of carboxylic acid groups (broad SMARTS) is 2. The molecule has 78 heavy (non-hydrogen) atoms. The van der Waals surface area contributed by atoms with Gasteiger partial charge in [0.05, 0.1) is 44.1 Å². The van der Waals surface area contributed by atoms with E-state index in [4.69, 9.17) is 0 Å². The molecule has 0 aliphatic carbocycles. The molecule has 0 aliphatic heterocycles. The monoisotopic (exact) mass is 1090 g/mol. The number of nitro benzene ring substituents is 4. The van der Waals surface area contributed by atoms with Crippen molar-refractivity contribution < 1.29 is 39.5 Å². The van der Waals surface area contributed by atoms with Gasteiger partial charge in [0.1, 0.15) is 46.4 Å². The number of nitrogens with zero attached hydrogens (tertiary/aromatic N) is 4. The third kappa shape index (κ3) is 14.5. The topological polar surface area (TPSA) is 253 Å². The standard InChI is InChI=1S/2C28H26N2O4P.C4H6O4/c2*1-20-7-4-10-26(13-20)35(27-11-5-8-21(2)14-27,28-12-6-9-22(3)15-28)19-23-16-24(29(31)32)18-25(17-23)30(33)34;5-3(6)1-2-4(7)8/h2*4-18H,19H2,1-3H3;1-2H2,(H,5,6)(H,7,8)/q2*+1;/p-2. The van der Waals surface area contributed by atoms with E-state index in [0.29, 0.717) is 23.5 Å². The summed E-state index contributed by atoms with van der Waals surface area (Å²) >= 11 is 0. The maximum atomic E-state index is 11.6. The molecular formula is C60H56N4O12P2. The molecule has 8 aromatic rings. The predicted molar refractivity (Wildman–Crippen MR) is 305 cm³/mol. The quantitative estimate of drug-likeness (QED) is 0.0470. The Morgan fingerprint density at radius 2 is 0.526 bits per heavy atom. The predicted octanol–water partition coefficient (Wildman–Crippen LogP) is 9.11. The molecule has 0 spiro atoms. The molecule has 0 N–H and O–H groups in total. The first-order valence-corrected chi connectivity index (χ1v) is 28.4. The molecule has 18 heteroatoms. The summed E-state index contributed by atoms with van der Waals surface area (Å²) in [7, 11) is -4.80. The van der Waals surface area contributed by atoms with Crippen molar-refractivity contribution in [3.63, 3.8) is 0 Å². The number of aryl methyl sites for hydroxylation is 6. The number of aliphatic carboxylic acids is 2. The molecule has 0 aliphatic rings. The van der Waals surface area contributed by atoms with E-state index in [1.54, 1.807) is 0 Å². The van der Waals surface area contributed by atoms with E-state index in [1.807, 2.05) is 114 Å². The summed E-state index contributed by atoms with van der Waals surface area (Å²) in [6.45, 7) is 12.3. The zero-order valence-corrected chi connectivity index (χ0v) is 45.5. The molecular weight excluding hydrogens is 1030 g/mol. The van der Waals surface area contributed by atoms with Gasteiger partial charge in [0.15, 0.2) is 0 Å². The number of nitro groups is 4. The van der Waals surface area contributed by atoms with Crippen molar-refractivity contribution >= 4 is 81.0 Å². The molecule has 0 amide bonds. The smallest absolute Gasteiger partial charge is 0.276 e. The maximum absolute atomic E-state index is 11.6. The first-order chi connectivity index (χ1) is 37.0. The molecule has 0 atom stereocenters. The number of carbonyl (C=O) groups is 2. The summed E-state index contributed by atoms with van der Waals surface area (Å²) in [5.41, 5.74) is 6.70. The van der Waals surface area contributed by atoms with Crippen molar-refractivity contribution in [2.45, 2.75) is 66.7 Å². The van der Waals surface area contributed by atoms with Gasteiger partial charge in [0, 0.05) is 47.3 Å². The van der Waals surface area contributed by atoms with E-state index in [2.05, 4.69) is 72.8 Å². The minimum Gasteiger partial charge on any atom is -0.550 e. The molecule has 8 rings (SSSR count). The van der Waals surface area contributed by atoms with Crippen LogP contribution in [0.15, 0.2) is 182 Å². The second-order valence-corrected chi connectivity index (χ2v) is 25.9. The number of hydrogen-bond donors (Lipinski definition) is 0. The summed E-state index contributed by atoms with van der Waals surface area (Å²) in [4.78, 5) is 63.3. The van der Waals surface area contributed by atoms with Crippen molar-refractivity contribution in [1.82, 2.24) is 0 Å². The largest absolute Gasteiger partial charge is 0.550 e. The number of carboxylic acids is 2. The lowest BCUT2D eigenvalue weighted by molar-refractivity contribution is -0.394. The van der Waals surface area contributed by atoms with Crippen LogP contribution in [0.25, 0.3) is 0 Å². The highest BCUT2D eigenvalue weighted by atomic mass is 31.2. The number of hydrogen-bond acceptors (Lipinski definition) is 12. The van der Waals surface area contributed by atoms with E-state index < -0.39 is 59.0 Å². The highest BCUT2D eigenvalue weighted by Crippen LogP contribution is 2.60. The van der Waals surface area contributed by atoms with Gasteiger partial charge in [-0.15, -0.1) is 0 Å². The van der Waals surface area contributed by atoms with Gasteiger partial charge in [-0.2, -0.15) is 0 Å². The van der Waals surface area contributed by atoms with Gasteiger partial charge in [0.25, 0.3) is 22.7 Å². The third-order valence-electron chi connectivity index (χ3n) is 12.8. The Balaban J connectivity index is 0.000000221. The van der Waals surface area contributed by atoms with E-state index in [1.165, 1.54) is 24.3 Å². The van der Waals surface area contributed by atoms with Gasteiger partial charge < -0.3 is 19.8 Å². The van der Waals surface area contributed by atoms with E-state index in [0.717, 1.165) is 77.3 Å². The zero-order valence-electron chi connectivity index (χ0n) is 43.7. The lowest BCUT2D eigenvalue weighted by atomic mass is 10.2. The molecule has 0 saturated heterocycles. The molecule has 0 bridgehead atoms. The van der Waals surface area contributed by atoms with Gasteiger partial charge in [-0.25, -0.2) is 0 Å². The highest BCUT2D eigenvalue weighted by molar-refractivity contribution is 7.95. The molecule has 16 nitrogen and oxygen atoms in total. The lowest BCUT2D eigenvalue weighted by Gasteiger charge is -2.28. The summed E-state index contributed by atoms with van der Waals surface area (Å²) in [6.07, 6.45) is -0.0948. The zero-order chi connectivity index (χ0) is 56.9. The van der Waals surface area contributed by atoms with Crippen LogP contribution in [0.3, 0.4) is 0 Å². The van der Waals surface area contributed by atoms with Crippen LogP contribution in [0.1, 0.15) is 57.3 Å². The first kappa shape index (κ1) is 58.4. The number of rotatable bonds is 17. The van der Waals surface area contributed by atoms with Gasteiger partial charge in [-0.05, 0) is 161 Å². The number of non-ortho nitro benzene ring substituents is 4. The minimum absolute atomic E-state index is 0.273. The Labute approximate surface area is 452 Å². The Hall–Kier alpha value is -8.84. The van der Waals surface area contributed by atoms with E-state index >= 15 is 0 Å². The molecule has 0 radical (unpaired) electrons. The highest BCUT2D eigenvalue weighted by Gasteiger charge is 2.48. The maximum Gasteiger partial charge on any atom is 0.276 e. The SMILES string of the molecule is Cc1cccc([P+](Cc2cc([N+](=O)[O-])cc([N+](=O)[O-])c2)(c2cccc(C)c2)c2cccc(C)c2)c1.Cc1cccc([P+](Cc2cc([N+](=O)[O-])cc([N+](=O)[O-])c2)(c2cccc(C)c2)c2cccc(C)c2)c1.O=C([O-])CCC(=O)[O-]. The lowest BCUT2D eigenvalue weighted by Crippen LogP contribution is -2.33. The van der Waals surface area contributed by atoms with Crippen molar-refractivity contribution in [3.05, 3.63) is 267 Å². The van der Waals surface area contributed by atoms with Gasteiger partial charge in [-0.1, -0.05) is 72.8 Å². The average Bonchev–Trinajstić information content (AvgIpc) is 3.59. The fraction of sp³-hybridized carbons (Fsp3) is 0.167. The molecule has 0 aromatic heterocycles. The number of carbonyl (C=O) groups excluding carboxylic acids is 2. The molecule has 0 saturated carbocycles. The average molecular weight is 1090 g/mol. The van der Waals surface area contributed by atoms with Crippen molar-refractivity contribution in [2.75, 3.05) is 0 Å². The Kier molecular flexibility index (Phi) is 19.3. The van der Waals surface area contributed by atoms with Crippen LogP contribution in [0.5, 0.6) is 0 Å². The van der Waals surface area contributed by atoms with Crippen LogP contribution in [0.4, 0.5) is 22.7 Å². The van der Waals surface area contributed by atoms with Crippen LogP contribution in [-0.4, -0.2) is 31.6 Å². The van der Waals surface area contributed by atoms with Crippen LogP contribution in [-0.2, 0) is 21.9 Å². The van der Waals surface area contributed by atoms with Crippen molar-refractivity contribution in [1.29, 1.82) is 0 Å². The first-order valence-electron chi connectivity index (χ1n) is 24.5. The fourth-order valence-corrected chi connectivity index (χ4v) is 18.2. The number of benzene rings is 8. The van der Waals surface area contributed by atoms with Crippen LogP contribution in [0, 0.1) is 82.0 Å². The van der Waals surface area contributed by atoms with Gasteiger partial charge >= 0.3 is 0 Å². The van der Waals surface area contributed by atoms with Crippen molar-refractivity contribution in [3.8, 4) is 0 Å². The van der Waals surface area contributed by atoms with Crippen LogP contribution in [0.2, 0.25) is 0 Å². The third-order valence-corrected chi connectivity index (χ3v) is 21.4. The second-order valence-electron chi connectivity index (χ2n) is 19.0. The summed E-state index contributed by atoms with van der Waals surface area (Å²) in [6, 6.07) is 58.1. The summed E-state index contributed by atoms with van der Waals surface area (Å²) in [5.74, 6) is -2.73. The molecule has 398 valence electrons. The van der Waals surface area contributed by atoms with Gasteiger partial charge in [0.2, 0.25) is 0 Å². The Bertz CT molecular complexity index is 3050. The van der Waals surface area contributed by atoms with Crippen LogP contribution >= 0.6 is 14.5 Å². The molecule has 0 heterocycles. The minimum atomic E-state index is -2.40. The summed E-state index contributed by atoms with van der Waals surface area (Å²) in [5, 5.41) is 72.3.